The maximum Gasteiger partial charge on any atom is 0.453 e. The first kappa shape index (κ1) is 20.6. The first-order valence-electron chi connectivity index (χ1n) is 8.87. The van der Waals surface area contributed by atoms with E-state index in [-0.39, 0.29) is 23.9 Å². The van der Waals surface area contributed by atoms with E-state index in [0.717, 1.165) is 11.1 Å². The fourth-order valence-corrected chi connectivity index (χ4v) is 3.02. The number of aryl methyl sites for hydroxylation is 2. The van der Waals surface area contributed by atoms with Gasteiger partial charge in [-0.3, -0.25) is 4.79 Å². The number of nitrogens with one attached hydrogen (secondary N) is 1. The minimum Gasteiger partial charge on any atom is -0.349 e. The van der Waals surface area contributed by atoms with E-state index in [1.165, 1.54) is 4.90 Å². The maximum absolute atomic E-state index is 13.2. The standard InChI is InChI=1S/C19H21F3N6O/c1-10-7-6-8-14(11(10)2)23-15(29)9-27(5)17-13(4)12(3)16-24-25-18(19(20,21)22)28(16)26-17/h6-8H,9H2,1-5H3,(H,23,29). The van der Waals surface area contributed by atoms with Crippen molar-refractivity contribution in [3.63, 3.8) is 0 Å². The molecule has 0 saturated carbocycles. The predicted molar refractivity (Wildman–Crippen MR) is 103 cm³/mol. The van der Waals surface area contributed by atoms with Gasteiger partial charge in [0.15, 0.2) is 11.5 Å². The summed E-state index contributed by atoms with van der Waals surface area (Å²) in [5.41, 5.74) is 3.86. The number of amides is 1. The monoisotopic (exact) mass is 406 g/mol. The summed E-state index contributed by atoms with van der Waals surface area (Å²) in [7, 11) is 1.60. The van der Waals surface area contributed by atoms with Crippen LogP contribution < -0.4 is 10.2 Å². The van der Waals surface area contributed by atoms with Gasteiger partial charge in [-0.25, -0.2) is 0 Å². The number of nitrogens with zero attached hydrogens (tertiary/aromatic N) is 5. The summed E-state index contributed by atoms with van der Waals surface area (Å²) in [6.07, 6.45) is -4.69. The van der Waals surface area contributed by atoms with Gasteiger partial charge < -0.3 is 10.2 Å². The van der Waals surface area contributed by atoms with E-state index in [4.69, 9.17) is 0 Å². The van der Waals surface area contributed by atoms with Crippen molar-refractivity contribution in [2.75, 3.05) is 23.8 Å². The van der Waals surface area contributed by atoms with E-state index in [9.17, 15) is 18.0 Å². The largest absolute Gasteiger partial charge is 0.453 e. The smallest absolute Gasteiger partial charge is 0.349 e. The van der Waals surface area contributed by atoms with Crippen molar-refractivity contribution in [3.05, 3.63) is 46.3 Å². The van der Waals surface area contributed by atoms with Crippen LogP contribution in [0.3, 0.4) is 0 Å². The van der Waals surface area contributed by atoms with Gasteiger partial charge in [0, 0.05) is 23.9 Å². The molecule has 0 spiro atoms. The molecule has 2 aromatic heterocycles. The van der Waals surface area contributed by atoms with Gasteiger partial charge in [0.05, 0.1) is 6.54 Å². The lowest BCUT2D eigenvalue weighted by Crippen LogP contribution is -2.32. The highest BCUT2D eigenvalue weighted by Gasteiger charge is 2.38. The molecule has 1 aromatic carbocycles. The first-order valence-corrected chi connectivity index (χ1v) is 8.87. The van der Waals surface area contributed by atoms with Crippen LogP contribution in [0.1, 0.15) is 28.1 Å². The lowest BCUT2D eigenvalue weighted by Gasteiger charge is -2.21. The lowest BCUT2D eigenvalue weighted by molar-refractivity contribution is -0.146. The van der Waals surface area contributed by atoms with Crippen LogP contribution in [0, 0.1) is 27.7 Å². The fourth-order valence-electron chi connectivity index (χ4n) is 3.02. The maximum atomic E-state index is 13.2. The van der Waals surface area contributed by atoms with Crippen molar-refractivity contribution >= 4 is 23.1 Å². The van der Waals surface area contributed by atoms with E-state index in [1.54, 1.807) is 27.0 Å². The molecule has 2 heterocycles. The highest BCUT2D eigenvalue weighted by molar-refractivity contribution is 5.94. The number of carbonyl (C=O) groups is 1. The van der Waals surface area contributed by atoms with Gasteiger partial charge >= 0.3 is 6.18 Å². The van der Waals surface area contributed by atoms with Crippen LogP contribution in [0.4, 0.5) is 24.7 Å². The Kier molecular flexibility index (Phi) is 5.20. The predicted octanol–water partition coefficient (Wildman–Crippen LogP) is 3.45. The molecular formula is C19H21F3N6O. The Hall–Kier alpha value is -3.17. The quantitative estimate of drug-likeness (QED) is 0.718. The highest BCUT2D eigenvalue weighted by atomic mass is 19.4. The molecule has 0 atom stereocenters. The average Bonchev–Trinajstić information content (AvgIpc) is 3.06. The number of fused-ring (bicyclic) bond motifs is 1. The number of alkyl halides is 3. The zero-order valence-electron chi connectivity index (χ0n) is 16.7. The first-order chi connectivity index (χ1) is 13.5. The molecule has 3 rings (SSSR count). The summed E-state index contributed by atoms with van der Waals surface area (Å²) in [6, 6.07) is 5.59. The third-order valence-electron chi connectivity index (χ3n) is 4.94. The third kappa shape index (κ3) is 3.87. The van der Waals surface area contributed by atoms with Crippen molar-refractivity contribution in [2.45, 2.75) is 33.9 Å². The molecule has 0 fully saturated rings. The molecule has 0 aliphatic heterocycles. The van der Waals surface area contributed by atoms with E-state index in [2.05, 4.69) is 20.6 Å². The topological polar surface area (TPSA) is 75.4 Å². The Morgan fingerprint density at radius 3 is 2.45 bits per heavy atom. The van der Waals surface area contributed by atoms with Crippen LogP contribution >= 0.6 is 0 Å². The van der Waals surface area contributed by atoms with Crippen LogP contribution in [-0.4, -0.2) is 39.3 Å². The highest BCUT2D eigenvalue weighted by Crippen LogP contribution is 2.30. The Bertz CT molecular complexity index is 1090. The number of carbonyl (C=O) groups excluding carboxylic acids is 1. The molecule has 1 N–H and O–H groups in total. The average molecular weight is 406 g/mol. The molecular weight excluding hydrogens is 385 g/mol. The second-order valence-electron chi connectivity index (χ2n) is 6.98. The van der Waals surface area contributed by atoms with Crippen molar-refractivity contribution in [2.24, 2.45) is 0 Å². The molecule has 1 amide bonds. The van der Waals surface area contributed by atoms with E-state index in [0.29, 0.717) is 21.3 Å². The van der Waals surface area contributed by atoms with Gasteiger partial charge in [-0.15, -0.1) is 15.3 Å². The van der Waals surface area contributed by atoms with Crippen molar-refractivity contribution in [1.29, 1.82) is 0 Å². The number of hydrogen-bond donors (Lipinski definition) is 1. The molecule has 10 heteroatoms. The number of benzene rings is 1. The van der Waals surface area contributed by atoms with Crippen molar-refractivity contribution in [1.82, 2.24) is 19.8 Å². The van der Waals surface area contributed by atoms with E-state index >= 15 is 0 Å². The summed E-state index contributed by atoms with van der Waals surface area (Å²) in [4.78, 5) is 14.0. The molecule has 0 saturated heterocycles. The normalized spacial score (nSPS) is 11.7. The van der Waals surface area contributed by atoms with Crippen LogP contribution in [0.15, 0.2) is 18.2 Å². The molecule has 7 nitrogen and oxygen atoms in total. The molecule has 0 unspecified atom stereocenters. The molecule has 0 radical (unpaired) electrons. The van der Waals surface area contributed by atoms with Crippen LogP contribution in [-0.2, 0) is 11.0 Å². The second kappa shape index (κ2) is 7.34. The van der Waals surface area contributed by atoms with Gasteiger partial charge in [0.2, 0.25) is 5.91 Å². The lowest BCUT2D eigenvalue weighted by atomic mass is 10.1. The van der Waals surface area contributed by atoms with Gasteiger partial charge in [-0.05, 0) is 44.9 Å². The summed E-state index contributed by atoms with van der Waals surface area (Å²) in [5, 5.41) is 13.7. The van der Waals surface area contributed by atoms with Crippen molar-refractivity contribution < 1.29 is 18.0 Å². The van der Waals surface area contributed by atoms with Crippen molar-refractivity contribution in [3.8, 4) is 0 Å². The zero-order valence-corrected chi connectivity index (χ0v) is 16.7. The number of anilines is 2. The van der Waals surface area contributed by atoms with E-state index < -0.39 is 12.0 Å². The summed E-state index contributed by atoms with van der Waals surface area (Å²) >= 11 is 0. The Labute approximate surface area is 165 Å². The molecule has 0 aliphatic carbocycles. The molecule has 0 aliphatic rings. The fraction of sp³-hybridized carbons (Fsp3) is 0.368. The molecule has 0 bridgehead atoms. The summed E-state index contributed by atoms with van der Waals surface area (Å²) in [6.45, 7) is 7.13. The number of aromatic nitrogens is 4. The number of hydrogen-bond acceptors (Lipinski definition) is 5. The zero-order chi connectivity index (χ0) is 21.5. The minimum atomic E-state index is -4.69. The molecule has 154 valence electrons. The van der Waals surface area contributed by atoms with E-state index in [1.807, 2.05) is 26.0 Å². The number of halogens is 3. The summed E-state index contributed by atoms with van der Waals surface area (Å²) in [5.74, 6) is -1.26. The third-order valence-corrected chi connectivity index (χ3v) is 4.94. The molecule has 3 aromatic rings. The van der Waals surface area contributed by atoms with Crippen LogP contribution in [0.5, 0.6) is 0 Å². The molecule has 29 heavy (non-hydrogen) atoms. The van der Waals surface area contributed by atoms with Gasteiger partial charge in [0.25, 0.3) is 5.82 Å². The van der Waals surface area contributed by atoms with Crippen LogP contribution in [0.2, 0.25) is 0 Å². The Morgan fingerprint density at radius 1 is 1.10 bits per heavy atom. The van der Waals surface area contributed by atoms with Gasteiger partial charge in [0.1, 0.15) is 0 Å². The summed E-state index contributed by atoms with van der Waals surface area (Å²) < 4.78 is 40.3. The number of rotatable bonds is 4. The number of likely N-dealkylation sites (N-methyl/N-ethyl adjacent to an activating group) is 1. The SMILES string of the molecule is Cc1cccc(NC(=O)CN(C)c2nn3c(C(F)(F)F)nnc3c(C)c2C)c1C. The minimum absolute atomic E-state index is 0.0341. The van der Waals surface area contributed by atoms with Gasteiger partial charge in [-0.2, -0.15) is 17.7 Å². The Morgan fingerprint density at radius 2 is 1.79 bits per heavy atom. The van der Waals surface area contributed by atoms with Crippen LogP contribution in [0.25, 0.3) is 5.65 Å². The Balaban J connectivity index is 1.90. The van der Waals surface area contributed by atoms with Gasteiger partial charge in [-0.1, -0.05) is 12.1 Å². The second-order valence-corrected chi connectivity index (χ2v) is 6.98.